The van der Waals surface area contributed by atoms with Crippen LogP contribution in [0.15, 0.2) is 54.6 Å². The molecule has 1 saturated heterocycles. The Balaban J connectivity index is 1.52. The third-order valence-electron chi connectivity index (χ3n) is 6.81. The Morgan fingerprint density at radius 1 is 1.02 bits per heavy atom. The Hall–Kier alpha value is -3.45. The Morgan fingerprint density at radius 3 is 2.39 bits per heavy atom. The van der Waals surface area contributed by atoms with Gasteiger partial charge >= 0.3 is 17.9 Å². The van der Waals surface area contributed by atoms with Gasteiger partial charge in [0, 0.05) is 20.0 Å². The van der Waals surface area contributed by atoms with Crippen LogP contribution in [0, 0.1) is 0 Å². The van der Waals surface area contributed by atoms with E-state index in [4.69, 9.17) is 30.5 Å². The fourth-order valence-corrected chi connectivity index (χ4v) is 7.80. The van der Waals surface area contributed by atoms with Crippen LogP contribution < -0.4 is 4.74 Å². The molecule has 1 aliphatic rings. The zero-order chi connectivity index (χ0) is 31.9. The van der Waals surface area contributed by atoms with Crippen molar-refractivity contribution >= 4 is 50.9 Å². The number of carbonyl (C=O) groups is 3. The number of benzene rings is 2. The molecule has 0 unspecified atom stereocenters. The highest BCUT2D eigenvalue weighted by atomic mass is 35.5. The second-order valence-corrected chi connectivity index (χ2v) is 13.8. The molecule has 3 aromatic rings. The number of halogens is 1. The van der Waals surface area contributed by atoms with Gasteiger partial charge in [0.25, 0.3) is 0 Å². The van der Waals surface area contributed by atoms with Crippen molar-refractivity contribution in [2.75, 3.05) is 26.5 Å². The van der Waals surface area contributed by atoms with Gasteiger partial charge in [-0.05, 0) is 49.3 Å². The number of esters is 3. The third-order valence-corrected chi connectivity index (χ3v) is 10.3. The van der Waals surface area contributed by atoms with Gasteiger partial charge < -0.3 is 18.9 Å². The van der Waals surface area contributed by atoms with E-state index in [9.17, 15) is 22.8 Å². The van der Waals surface area contributed by atoms with Crippen molar-refractivity contribution in [1.82, 2.24) is 4.31 Å². The summed E-state index contributed by atoms with van der Waals surface area (Å²) >= 11 is 7.74. The number of sulfonamides is 1. The van der Waals surface area contributed by atoms with Gasteiger partial charge in [-0.25, -0.2) is 22.3 Å². The number of ether oxygens (including phenoxy) is 4. The van der Waals surface area contributed by atoms with Gasteiger partial charge in [-0.3, -0.25) is 4.79 Å². The van der Waals surface area contributed by atoms with E-state index in [0.29, 0.717) is 36.4 Å². The lowest BCUT2D eigenvalue weighted by molar-refractivity contribution is -0.150. The van der Waals surface area contributed by atoms with E-state index in [1.54, 1.807) is 18.2 Å². The SMILES string of the molecule is CC(=O)OCOC(=O)c1sc(-c2cccc(C3CCN(S(=O)(=O)Cc4ccccc4)CC3)c2)c(Cl)c1OCC(=O)OC(C)C. The standard InChI is InChI=1S/C31H34ClNO9S2/c1-20(2)42-26(35)17-39-28-27(32)29(43-30(28)31(36)41-19-40-21(3)34)25-11-7-10-24(16-25)23-12-14-33(15-13-23)44(37,38)18-22-8-5-4-6-9-22/h4-11,16,20,23H,12-15,17-19H2,1-3H3. The van der Waals surface area contributed by atoms with Crippen molar-refractivity contribution in [1.29, 1.82) is 0 Å². The summed E-state index contributed by atoms with van der Waals surface area (Å²) in [7, 11) is -3.44. The van der Waals surface area contributed by atoms with Crippen molar-refractivity contribution in [3.63, 3.8) is 0 Å². The molecule has 0 N–H and O–H groups in total. The minimum atomic E-state index is -3.44. The smallest absolute Gasteiger partial charge is 0.355 e. The second kappa shape index (κ2) is 15.0. The highest BCUT2D eigenvalue weighted by Gasteiger charge is 2.30. The molecule has 0 atom stereocenters. The van der Waals surface area contributed by atoms with E-state index in [-0.39, 0.29) is 33.4 Å². The molecule has 10 nitrogen and oxygen atoms in total. The van der Waals surface area contributed by atoms with Crippen LogP contribution in [0.2, 0.25) is 5.02 Å². The predicted octanol–water partition coefficient (Wildman–Crippen LogP) is 5.79. The maximum atomic E-state index is 13.0. The van der Waals surface area contributed by atoms with Crippen LogP contribution in [0.1, 0.15) is 60.3 Å². The van der Waals surface area contributed by atoms with E-state index in [1.165, 1.54) is 6.92 Å². The first kappa shape index (κ1) is 33.4. The number of nitrogens with zero attached hydrogens (tertiary/aromatic N) is 1. The van der Waals surface area contributed by atoms with Crippen LogP contribution in [0.25, 0.3) is 10.4 Å². The van der Waals surface area contributed by atoms with Crippen LogP contribution in [0.3, 0.4) is 0 Å². The summed E-state index contributed by atoms with van der Waals surface area (Å²) in [5.74, 6) is -2.05. The van der Waals surface area contributed by atoms with E-state index in [2.05, 4.69) is 0 Å². The molecule has 0 radical (unpaired) electrons. The number of hydrogen-bond donors (Lipinski definition) is 0. The van der Waals surface area contributed by atoms with E-state index in [0.717, 1.165) is 22.5 Å². The Labute approximate surface area is 265 Å². The van der Waals surface area contributed by atoms with Gasteiger partial charge in [-0.15, -0.1) is 11.3 Å². The molecule has 1 fully saturated rings. The number of piperidine rings is 1. The molecular formula is C31H34ClNO9S2. The first-order chi connectivity index (χ1) is 20.9. The lowest BCUT2D eigenvalue weighted by Crippen LogP contribution is -2.38. The average Bonchev–Trinajstić information content (AvgIpc) is 3.32. The zero-order valence-electron chi connectivity index (χ0n) is 24.6. The minimum Gasteiger partial charge on any atom is -0.479 e. The summed E-state index contributed by atoms with van der Waals surface area (Å²) in [6, 6.07) is 16.8. The number of hydrogen-bond acceptors (Lipinski definition) is 10. The summed E-state index contributed by atoms with van der Waals surface area (Å²) < 4.78 is 48.1. The predicted molar refractivity (Wildman–Crippen MR) is 166 cm³/mol. The normalized spacial score (nSPS) is 14.3. The number of rotatable bonds is 12. The summed E-state index contributed by atoms with van der Waals surface area (Å²) in [6.07, 6.45) is 0.942. The van der Waals surface area contributed by atoms with Gasteiger partial charge in [0.1, 0.15) is 5.02 Å². The maximum absolute atomic E-state index is 13.0. The molecule has 2 heterocycles. The van der Waals surface area contributed by atoms with Crippen molar-refractivity contribution in [2.24, 2.45) is 0 Å². The molecule has 1 aromatic heterocycles. The van der Waals surface area contributed by atoms with Gasteiger partial charge in [0.15, 0.2) is 17.2 Å². The van der Waals surface area contributed by atoms with Crippen LogP contribution in [-0.4, -0.2) is 63.2 Å². The molecule has 13 heteroatoms. The first-order valence-electron chi connectivity index (χ1n) is 14.0. The Morgan fingerprint density at radius 2 is 1.73 bits per heavy atom. The summed E-state index contributed by atoms with van der Waals surface area (Å²) in [5.41, 5.74) is 2.48. The fraction of sp³-hybridized carbons (Fsp3) is 0.387. The summed E-state index contributed by atoms with van der Waals surface area (Å²) in [4.78, 5) is 36.6. The molecule has 1 aliphatic heterocycles. The number of thiophene rings is 1. The lowest BCUT2D eigenvalue weighted by Gasteiger charge is -2.31. The Kier molecular flexibility index (Phi) is 11.4. The van der Waals surface area contributed by atoms with Crippen LogP contribution >= 0.6 is 22.9 Å². The monoisotopic (exact) mass is 663 g/mol. The van der Waals surface area contributed by atoms with E-state index in [1.807, 2.05) is 54.6 Å². The molecular weight excluding hydrogens is 630 g/mol. The van der Waals surface area contributed by atoms with Crippen LogP contribution in [-0.2, 0) is 39.6 Å². The average molecular weight is 664 g/mol. The fourth-order valence-electron chi connectivity index (χ4n) is 4.78. The highest BCUT2D eigenvalue weighted by molar-refractivity contribution is 7.88. The highest BCUT2D eigenvalue weighted by Crippen LogP contribution is 2.46. The van der Waals surface area contributed by atoms with Crippen molar-refractivity contribution in [3.05, 3.63) is 75.6 Å². The molecule has 236 valence electrons. The molecule has 0 spiro atoms. The summed E-state index contributed by atoms with van der Waals surface area (Å²) in [6.45, 7) is 4.33. The van der Waals surface area contributed by atoms with Crippen molar-refractivity contribution < 1.29 is 41.7 Å². The molecule has 0 aliphatic carbocycles. The van der Waals surface area contributed by atoms with Crippen LogP contribution in [0.4, 0.5) is 0 Å². The first-order valence-corrected chi connectivity index (χ1v) is 16.8. The van der Waals surface area contributed by atoms with E-state index >= 15 is 0 Å². The minimum absolute atomic E-state index is 0.00293. The summed E-state index contributed by atoms with van der Waals surface area (Å²) in [5, 5.41) is 0.116. The molecule has 4 rings (SSSR count). The molecule has 0 bridgehead atoms. The second-order valence-electron chi connectivity index (χ2n) is 10.5. The zero-order valence-corrected chi connectivity index (χ0v) is 27.0. The van der Waals surface area contributed by atoms with Crippen molar-refractivity contribution in [2.45, 2.75) is 51.4 Å². The molecule has 44 heavy (non-hydrogen) atoms. The maximum Gasteiger partial charge on any atom is 0.355 e. The van der Waals surface area contributed by atoms with Crippen LogP contribution in [0.5, 0.6) is 5.75 Å². The quantitative estimate of drug-likeness (QED) is 0.175. The Bertz CT molecular complexity index is 1580. The topological polar surface area (TPSA) is 126 Å². The number of carbonyl (C=O) groups excluding carboxylic acids is 3. The van der Waals surface area contributed by atoms with Gasteiger partial charge in [-0.1, -0.05) is 66.2 Å². The molecule has 0 saturated carbocycles. The largest absolute Gasteiger partial charge is 0.479 e. The molecule has 2 aromatic carbocycles. The van der Waals surface area contributed by atoms with E-state index < -0.39 is 41.3 Å². The lowest BCUT2D eigenvalue weighted by atomic mass is 9.89. The third kappa shape index (κ3) is 8.81. The van der Waals surface area contributed by atoms with Crippen molar-refractivity contribution in [3.8, 4) is 16.2 Å². The van der Waals surface area contributed by atoms with Gasteiger partial charge in [-0.2, -0.15) is 0 Å². The van der Waals surface area contributed by atoms with Gasteiger partial charge in [0.2, 0.25) is 16.8 Å². The van der Waals surface area contributed by atoms with Gasteiger partial charge in [0.05, 0.1) is 16.7 Å². The molecule has 0 amide bonds.